The van der Waals surface area contributed by atoms with Gasteiger partial charge in [0, 0.05) is 18.0 Å². The van der Waals surface area contributed by atoms with E-state index in [0.29, 0.717) is 17.7 Å². The molecule has 26 heavy (non-hydrogen) atoms. The number of rotatable bonds is 4. The van der Waals surface area contributed by atoms with E-state index in [1.807, 2.05) is 38.1 Å². The van der Waals surface area contributed by atoms with Crippen LogP contribution in [0.4, 0.5) is 0 Å². The second kappa shape index (κ2) is 6.47. The Hall–Kier alpha value is -2.27. The number of likely N-dealkylation sites (tertiary alicyclic amines) is 1. The van der Waals surface area contributed by atoms with E-state index >= 15 is 0 Å². The number of pyridine rings is 1. The number of benzene rings is 1. The highest BCUT2D eigenvalue weighted by atomic mass is 16.2. The summed E-state index contributed by atoms with van der Waals surface area (Å²) in [6.45, 7) is 8.66. The van der Waals surface area contributed by atoms with Gasteiger partial charge in [-0.15, -0.1) is 0 Å². The largest absolute Gasteiger partial charge is 0.299 e. The molecule has 1 unspecified atom stereocenters. The maximum absolute atomic E-state index is 13.2. The molecule has 0 aliphatic carbocycles. The average molecular weight is 351 g/mol. The number of amides is 2. The quantitative estimate of drug-likeness (QED) is 0.792. The van der Waals surface area contributed by atoms with Crippen molar-refractivity contribution in [2.24, 2.45) is 0 Å². The Balaban J connectivity index is 1.80. The van der Waals surface area contributed by atoms with Crippen LogP contribution in [0.5, 0.6) is 0 Å². The molecule has 2 aliphatic rings. The summed E-state index contributed by atoms with van der Waals surface area (Å²) in [6, 6.07) is 7.90. The summed E-state index contributed by atoms with van der Waals surface area (Å²) in [6.07, 6.45) is 2.17. The lowest BCUT2D eigenvalue weighted by atomic mass is 9.97. The number of hydrogen-bond acceptors (Lipinski definition) is 4. The van der Waals surface area contributed by atoms with E-state index in [0.717, 1.165) is 42.5 Å². The highest BCUT2D eigenvalue weighted by Gasteiger charge is 2.42. The summed E-state index contributed by atoms with van der Waals surface area (Å²) >= 11 is 0. The molecule has 0 N–H and O–H groups in total. The molecule has 2 aromatic rings. The molecule has 5 heteroatoms. The molecule has 0 radical (unpaired) electrons. The van der Waals surface area contributed by atoms with Gasteiger partial charge in [0.05, 0.1) is 22.3 Å². The molecule has 1 aromatic carbocycles. The van der Waals surface area contributed by atoms with Gasteiger partial charge in [-0.25, -0.2) is 0 Å². The Kier molecular flexibility index (Phi) is 4.27. The topological polar surface area (TPSA) is 53.5 Å². The van der Waals surface area contributed by atoms with E-state index in [2.05, 4.69) is 11.8 Å². The number of carbonyl (C=O) groups excluding carboxylic acids is 2. The van der Waals surface area contributed by atoms with E-state index in [1.54, 1.807) is 0 Å². The Bertz CT molecular complexity index is 890. The van der Waals surface area contributed by atoms with Crippen LogP contribution in [0.25, 0.3) is 10.9 Å². The second-order valence-electron chi connectivity index (χ2n) is 7.56. The molecule has 0 bridgehead atoms. The number of aromatic nitrogens is 1. The Morgan fingerprint density at radius 2 is 1.88 bits per heavy atom. The summed E-state index contributed by atoms with van der Waals surface area (Å²) in [4.78, 5) is 35.0. The highest BCUT2D eigenvalue weighted by Crippen LogP contribution is 2.35. The third-order valence-corrected chi connectivity index (χ3v) is 5.68. The van der Waals surface area contributed by atoms with Gasteiger partial charge in [-0.3, -0.25) is 24.4 Å². The van der Waals surface area contributed by atoms with Crippen molar-refractivity contribution in [3.63, 3.8) is 0 Å². The molecule has 0 spiro atoms. The Morgan fingerprint density at radius 3 is 2.62 bits per heavy atom. The van der Waals surface area contributed by atoms with Crippen LogP contribution in [-0.2, 0) is 0 Å². The predicted octanol–water partition coefficient (Wildman–Crippen LogP) is 3.44. The molecule has 5 nitrogen and oxygen atoms in total. The fourth-order valence-electron chi connectivity index (χ4n) is 4.34. The first-order valence-corrected chi connectivity index (χ1v) is 9.55. The van der Waals surface area contributed by atoms with Crippen LogP contribution in [0, 0.1) is 0 Å². The van der Waals surface area contributed by atoms with E-state index in [-0.39, 0.29) is 23.8 Å². The zero-order chi connectivity index (χ0) is 18.4. The van der Waals surface area contributed by atoms with Gasteiger partial charge in [-0.1, -0.05) is 39.0 Å². The van der Waals surface area contributed by atoms with Crippen molar-refractivity contribution in [1.29, 1.82) is 0 Å². The van der Waals surface area contributed by atoms with Crippen LogP contribution in [0.1, 0.15) is 65.9 Å². The molecule has 1 saturated heterocycles. The minimum absolute atomic E-state index is 0.0867. The van der Waals surface area contributed by atoms with E-state index < -0.39 is 0 Å². The smallest absolute Gasteiger partial charge is 0.263 e. The second-order valence-corrected chi connectivity index (χ2v) is 7.56. The van der Waals surface area contributed by atoms with E-state index in [9.17, 15) is 9.59 Å². The molecule has 3 heterocycles. The summed E-state index contributed by atoms with van der Waals surface area (Å²) in [5, 5.41) is 0.784. The molecule has 1 aromatic heterocycles. The van der Waals surface area contributed by atoms with Gasteiger partial charge in [0.1, 0.15) is 0 Å². The van der Waals surface area contributed by atoms with Crippen LogP contribution < -0.4 is 0 Å². The minimum Gasteiger partial charge on any atom is -0.299 e. The number of fused-ring (bicyclic) bond motifs is 3. The number of likely N-dealkylation sites (N-methyl/N-ethyl adjacent to an activating group) is 1. The van der Waals surface area contributed by atoms with E-state index in [4.69, 9.17) is 4.98 Å². The first-order chi connectivity index (χ1) is 12.5. The minimum atomic E-state index is -0.171. The normalized spacial score (nSPS) is 20.6. The third kappa shape index (κ3) is 2.53. The first-order valence-electron chi connectivity index (χ1n) is 9.55. The Morgan fingerprint density at radius 1 is 1.15 bits per heavy atom. The number of para-hydroxylation sites is 1. The van der Waals surface area contributed by atoms with Crippen LogP contribution in [0.2, 0.25) is 0 Å². The van der Waals surface area contributed by atoms with Gasteiger partial charge < -0.3 is 0 Å². The average Bonchev–Trinajstić information content (AvgIpc) is 3.19. The van der Waals surface area contributed by atoms with Crippen molar-refractivity contribution in [1.82, 2.24) is 14.8 Å². The third-order valence-electron chi connectivity index (χ3n) is 5.68. The molecular formula is C21H25N3O2. The zero-order valence-corrected chi connectivity index (χ0v) is 15.7. The molecular weight excluding hydrogens is 326 g/mol. The predicted molar refractivity (Wildman–Crippen MR) is 101 cm³/mol. The maximum atomic E-state index is 13.2. The van der Waals surface area contributed by atoms with Crippen LogP contribution >= 0.6 is 0 Å². The summed E-state index contributed by atoms with van der Waals surface area (Å²) in [7, 11) is 0. The lowest BCUT2D eigenvalue weighted by molar-refractivity contribution is 0.0611. The SMILES string of the molecule is CCN1CCCC1CN1C(=O)c2c(C(C)C)nc3ccccc3c2C1=O. The van der Waals surface area contributed by atoms with Gasteiger partial charge in [-0.05, 0) is 37.9 Å². The van der Waals surface area contributed by atoms with Gasteiger partial charge in [0.15, 0.2) is 0 Å². The Labute approximate surface area is 154 Å². The zero-order valence-electron chi connectivity index (χ0n) is 15.7. The lowest BCUT2D eigenvalue weighted by Gasteiger charge is -2.26. The molecule has 2 aliphatic heterocycles. The number of hydrogen-bond donors (Lipinski definition) is 0. The van der Waals surface area contributed by atoms with Gasteiger partial charge >= 0.3 is 0 Å². The van der Waals surface area contributed by atoms with Crippen LogP contribution in [0.3, 0.4) is 0 Å². The van der Waals surface area contributed by atoms with Gasteiger partial charge in [-0.2, -0.15) is 0 Å². The number of imide groups is 1. The van der Waals surface area contributed by atoms with Crippen LogP contribution in [-0.4, -0.2) is 52.3 Å². The maximum Gasteiger partial charge on any atom is 0.263 e. The van der Waals surface area contributed by atoms with Gasteiger partial charge in [0.2, 0.25) is 0 Å². The molecule has 4 rings (SSSR count). The standard InChI is InChI=1S/C21H25N3O2/c1-4-23-11-7-8-14(23)12-24-20(25)17-15-9-5-6-10-16(15)22-19(13(2)3)18(17)21(24)26/h5-6,9-10,13-14H,4,7-8,11-12H2,1-3H3. The highest BCUT2D eigenvalue weighted by molar-refractivity contribution is 6.26. The monoisotopic (exact) mass is 351 g/mol. The molecule has 1 fully saturated rings. The van der Waals surface area contributed by atoms with Gasteiger partial charge in [0.25, 0.3) is 11.8 Å². The summed E-state index contributed by atoms with van der Waals surface area (Å²) < 4.78 is 0. The van der Waals surface area contributed by atoms with Crippen molar-refractivity contribution >= 4 is 22.7 Å². The fraction of sp³-hybridized carbons (Fsp3) is 0.476. The lowest BCUT2D eigenvalue weighted by Crippen LogP contribution is -2.42. The van der Waals surface area contributed by atoms with Crippen molar-refractivity contribution in [3.8, 4) is 0 Å². The van der Waals surface area contributed by atoms with E-state index in [1.165, 1.54) is 4.90 Å². The van der Waals surface area contributed by atoms with Crippen LogP contribution in [0.15, 0.2) is 24.3 Å². The number of nitrogens with zero attached hydrogens (tertiary/aromatic N) is 3. The number of carbonyl (C=O) groups is 2. The first kappa shape index (κ1) is 17.2. The molecule has 0 saturated carbocycles. The van der Waals surface area contributed by atoms with Crippen molar-refractivity contribution < 1.29 is 9.59 Å². The molecule has 1 atom stereocenters. The molecule has 2 amide bonds. The molecule has 136 valence electrons. The van der Waals surface area contributed by atoms with Crippen molar-refractivity contribution in [2.45, 2.75) is 45.6 Å². The summed E-state index contributed by atoms with van der Waals surface area (Å²) in [5.74, 6) is -0.243. The van der Waals surface area contributed by atoms with Crippen molar-refractivity contribution in [2.75, 3.05) is 19.6 Å². The van der Waals surface area contributed by atoms with Crippen molar-refractivity contribution in [3.05, 3.63) is 41.1 Å². The fourth-order valence-corrected chi connectivity index (χ4v) is 4.34. The summed E-state index contributed by atoms with van der Waals surface area (Å²) in [5.41, 5.74) is 2.59.